The molecular weight excluding hydrogens is 236 g/mol. The Morgan fingerprint density at radius 2 is 2.11 bits per heavy atom. The first-order chi connectivity index (χ1) is 9.25. The second-order valence-electron chi connectivity index (χ2n) is 4.96. The molecule has 4 heteroatoms. The van der Waals surface area contributed by atoms with Gasteiger partial charge in [-0.25, -0.2) is 0 Å². The number of likely N-dealkylation sites (N-methyl/N-ethyl adjacent to an activating group) is 1. The second-order valence-corrected chi connectivity index (χ2v) is 4.96. The number of benzene rings is 1. The minimum absolute atomic E-state index is 0.914. The predicted octanol–water partition coefficient (Wildman–Crippen LogP) is 2.46. The van der Waals surface area contributed by atoms with E-state index in [2.05, 4.69) is 64.2 Å². The summed E-state index contributed by atoms with van der Waals surface area (Å²) in [6.07, 6.45) is 3.99. The van der Waals surface area contributed by atoms with Gasteiger partial charge < -0.3 is 14.6 Å². The summed E-state index contributed by atoms with van der Waals surface area (Å²) >= 11 is 0. The minimum Gasteiger partial charge on any atom is -0.382 e. The molecule has 0 radical (unpaired) electrons. The summed E-state index contributed by atoms with van der Waals surface area (Å²) in [6, 6.07) is 10.4. The molecule has 0 unspecified atom stereocenters. The molecule has 0 amide bonds. The normalized spacial score (nSPS) is 11.5. The maximum absolute atomic E-state index is 4.58. The summed E-state index contributed by atoms with van der Waals surface area (Å²) in [4.78, 5) is 6.74. The first-order valence-electron chi connectivity index (χ1n) is 6.49. The van der Waals surface area contributed by atoms with E-state index >= 15 is 0 Å². The van der Waals surface area contributed by atoms with Crippen LogP contribution in [0.25, 0.3) is 16.6 Å². The highest BCUT2D eigenvalue weighted by molar-refractivity contribution is 5.89. The lowest BCUT2D eigenvalue weighted by atomic mass is 10.2. The van der Waals surface area contributed by atoms with Crippen molar-refractivity contribution in [2.45, 2.75) is 0 Å². The van der Waals surface area contributed by atoms with Crippen molar-refractivity contribution in [3.05, 3.63) is 42.7 Å². The van der Waals surface area contributed by atoms with Crippen molar-refractivity contribution in [3.63, 3.8) is 0 Å². The molecule has 0 aliphatic rings. The summed E-state index contributed by atoms with van der Waals surface area (Å²) in [5.41, 5.74) is 4.37. The van der Waals surface area contributed by atoms with E-state index in [0.29, 0.717) is 0 Å². The number of nitrogens with one attached hydrogen (secondary N) is 1. The Bertz CT molecular complexity index is 700. The van der Waals surface area contributed by atoms with Crippen LogP contribution in [0.5, 0.6) is 0 Å². The van der Waals surface area contributed by atoms with Crippen molar-refractivity contribution < 1.29 is 0 Å². The molecule has 1 N–H and O–H groups in total. The van der Waals surface area contributed by atoms with Crippen LogP contribution in [0.3, 0.4) is 0 Å². The van der Waals surface area contributed by atoms with Crippen LogP contribution in [0.15, 0.2) is 42.7 Å². The number of nitrogens with zero attached hydrogens (tertiary/aromatic N) is 3. The molecule has 0 bridgehead atoms. The average molecular weight is 254 g/mol. The molecule has 0 aliphatic carbocycles. The maximum atomic E-state index is 4.58. The number of fused-ring (bicyclic) bond motifs is 3. The number of para-hydroxylation sites is 1. The smallest absolute Gasteiger partial charge is 0.110 e. The van der Waals surface area contributed by atoms with E-state index in [-0.39, 0.29) is 0 Å². The van der Waals surface area contributed by atoms with E-state index in [1.807, 2.05) is 12.3 Å². The molecule has 4 nitrogen and oxygen atoms in total. The number of hydrogen-bond acceptors (Lipinski definition) is 3. The number of anilines is 1. The number of rotatable bonds is 4. The van der Waals surface area contributed by atoms with E-state index in [9.17, 15) is 0 Å². The fraction of sp³-hybridized carbons (Fsp3) is 0.267. The van der Waals surface area contributed by atoms with Crippen molar-refractivity contribution in [2.24, 2.45) is 0 Å². The van der Waals surface area contributed by atoms with Gasteiger partial charge in [-0.2, -0.15) is 0 Å². The molecule has 2 heterocycles. The van der Waals surface area contributed by atoms with Crippen LogP contribution in [-0.2, 0) is 0 Å². The van der Waals surface area contributed by atoms with E-state index in [4.69, 9.17) is 0 Å². The molecule has 3 rings (SSSR count). The topological polar surface area (TPSA) is 32.6 Å². The van der Waals surface area contributed by atoms with Gasteiger partial charge in [-0.05, 0) is 38.4 Å². The first kappa shape index (κ1) is 12.0. The van der Waals surface area contributed by atoms with Crippen molar-refractivity contribution in [2.75, 3.05) is 32.5 Å². The van der Waals surface area contributed by atoms with Crippen LogP contribution in [0.1, 0.15) is 0 Å². The first-order valence-corrected chi connectivity index (χ1v) is 6.49. The molecule has 3 aromatic rings. The average Bonchev–Trinajstić information content (AvgIpc) is 2.87. The van der Waals surface area contributed by atoms with Gasteiger partial charge >= 0.3 is 0 Å². The highest BCUT2D eigenvalue weighted by Gasteiger charge is 2.05. The summed E-state index contributed by atoms with van der Waals surface area (Å²) in [5, 5.41) is 3.46. The third-order valence-electron chi connectivity index (χ3n) is 3.25. The van der Waals surface area contributed by atoms with Crippen LogP contribution >= 0.6 is 0 Å². The molecule has 0 fully saturated rings. The van der Waals surface area contributed by atoms with Crippen LogP contribution in [0, 0.1) is 0 Å². The molecule has 2 aromatic heterocycles. The standard InChI is InChI=1S/C15H18N4/c1-18(2)10-8-16-13-6-3-7-14-15(13)17-11-12-5-4-9-19(12)14/h3-7,9,11,16H,8,10H2,1-2H3. The fourth-order valence-corrected chi connectivity index (χ4v) is 2.27. The van der Waals surface area contributed by atoms with Gasteiger partial charge in [0.05, 0.1) is 22.9 Å². The lowest BCUT2D eigenvalue weighted by molar-refractivity contribution is 0.425. The zero-order valence-electron chi connectivity index (χ0n) is 11.3. The Morgan fingerprint density at radius 1 is 1.21 bits per heavy atom. The Morgan fingerprint density at radius 3 is 2.95 bits per heavy atom. The minimum atomic E-state index is 0.914. The molecule has 98 valence electrons. The van der Waals surface area contributed by atoms with Crippen LogP contribution < -0.4 is 5.32 Å². The van der Waals surface area contributed by atoms with E-state index in [1.165, 1.54) is 0 Å². The van der Waals surface area contributed by atoms with Crippen molar-refractivity contribution in [3.8, 4) is 0 Å². The molecule has 0 aliphatic heterocycles. The van der Waals surface area contributed by atoms with E-state index in [0.717, 1.165) is 35.3 Å². The van der Waals surface area contributed by atoms with Gasteiger partial charge in [0.1, 0.15) is 5.52 Å². The maximum Gasteiger partial charge on any atom is 0.110 e. The molecule has 0 saturated carbocycles. The summed E-state index contributed by atoms with van der Waals surface area (Å²) in [6.45, 7) is 1.92. The third kappa shape index (κ3) is 2.27. The van der Waals surface area contributed by atoms with Gasteiger partial charge in [-0.15, -0.1) is 0 Å². The SMILES string of the molecule is CN(C)CCNc1cccc2c1ncc1cccn12. The molecule has 1 aromatic carbocycles. The third-order valence-corrected chi connectivity index (χ3v) is 3.25. The van der Waals surface area contributed by atoms with Gasteiger partial charge in [0.25, 0.3) is 0 Å². The lowest BCUT2D eigenvalue weighted by Gasteiger charge is -2.13. The zero-order chi connectivity index (χ0) is 13.2. The monoisotopic (exact) mass is 254 g/mol. The summed E-state index contributed by atoms with van der Waals surface area (Å²) in [7, 11) is 4.15. The Labute approximate surface area is 112 Å². The fourth-order valence-electron chi connectivity index (χ4n) is 2.27. The van der Waals surface area contributed by atoms with Gasteiger partial charge in [0.2, 0.25) is 0 Å². The van der Waals surface area contributed by atoms with E-state index < -0.39 is 0 Å². The second kappa shape index (κ2) is 4.90. The molecule has 19 heavy (non-hydrogen) atoms. The molecular formula is C15H18N4. The number of hydrogen-bond donors (Lipinski definition) is 1. The largest absolute Gasteiger partial charge is 0.382 e. The van der Waals surface area contributed by atoms with E-state index in [1.54, 1.807) is 0 Å². The van der Waals surface area contributed by atoms with Gasteiger partial charge in [-0.3, -0.25) is 4.98 Å². The summed E-state index contributed by atoms with van der Waals surface area (Å²) in [5.74, 6) is 0. The highest BCUT2D eigenvalue weighted by Crippen LogP contribution is 2.22. The molecule has 0 spiro atoms. The highest BCUT2D eigenvalue weighted by atomic mass is 15.1. The van der Waals surface area contributed by atoms with Gasteiger partial charge in [0.15, 0.2) is 0 Å². The van der Waals surface area contributed by atoms with Crippen molar-refractivity contribution in [1.82, 2.24) is 14.3 Å². The Hall–Kier alpha value is -2.07. The zero-order valence-corrected chi connectivity index (χ0v) is 11.3. The van der Waals surface area contributed by atoms with Crippen molar-refractivity contribution >= 4 is 22.2 Å². The van der Waals surface area contributed by atoms with Gasteiger partial charge in [0, 0.05) is 19.3 Å². The molecule has 0 saturated heterocycles. The number of aromatic nitrogens is 2. The lowest BCUT2D eigenvalue weighted by Crippen LogP contribution is -2.20. The Balaban J connectivity index is 2.00. The predicted molar refractivity (Wildman–Crippen MR) is 79.7 cm³/mol. The van der Waals surface area contributed by atoms with Crippen LogP contribution in [0.4, 0.5) is 5.69 Å². The van der Waals surface area contributed by atoms with Crippen molar-refractivity contribution in [1.29, 1.82) is 0 Å². The summed E-state index contributed by atoms with van der Waals surface area (Å²) < 4.78 is 2.17. The molecule has 0 atom stereocenters. The van der Waals surface area contributed by atoms with Crippen LogP contribution in [0.2, 0.25) is 0 Å². The van der Waals surface area contributed by atoms with Gasteiger partial charge in [-0.1, -0.05) is 6.07 Å². The van der Waals surface area contributed by atoms with Crippen LogP contribution in [-0.4, -0.2) is 41.5 Å². The quantitative estimate of drug-likeness (QED) is 0.776. The Kier molecular flexibility index (Phi) is 3.09.